The molecule has 3 aromatic rings. The van der Waals surface area contributed by atoms with Crippen molar-refractivity contribution in [3.8, 4) is 0 Å². The first-order valence-electron chi connectivity index (χ1n) is 11.5. The number of carbonyl (C=O) groups excluding carboxylic acids is 3. The fraction of sp³-hybridized carbons (Fsp3) is 0.296. The van der Waals surface area contributed by atoms with Gasteiger partial charge in [0.2, 0.25) is 5.91 Å². The van der Waals surface area contributed by atoms with Gasteiger partial charge in [-0.2, -0.15) is 0 Å². The molecule has 0 spiro atoms. The summed E-state index contributed by atoms with van der Waals surface area (Å²) in [5.74, 6) is -0.0358. The zero-order valence-electron chi connectivity index (χ0n) is 20.0. The van der Waals surface area contributed by atoms with Gasteiger partial charge >= 0.3 is 5.97 Å². The van der Waals surface area contributed by atoms with Gasteiger partial charge in [0, 0.05) is 21.0 Å². The molecule has 1 aliphatic carbocycles. The highest BCUT2D eigenvalue weighted by Gasteiger charge is 2.28. The van der Waals surface area contributed by atoms with E-state index in [9.17, 15) is 14.4 Å². The smallest absolute Gasteiger partial charge is 0.341 e. The van der Waals surface area contributed by atoms with E-state index in [1.165, 1.54) is 30.2 Å². The van der Waals surface area contributed by atoms with Crippen molar-refractivity contribution >= 4 is 51.6 Å². The molecule has 2 N–H and O–H groups in total. The van der Waals surface area contributed by atoms with E-state index >= 15 is 0 Å². The Morgan fingerprint density at radius 2 is 1.91 bits per heavy atom. The third-order valence-corrected chi connectivity index (χ3v) is 8.17. The fourth-order valence-corrected chi connectivity index (χ4v) is 6.33. The van der Waals surface area contributed by atoms with E-state index in [0.717, 1.165) is 40.2 Å². The number of nitrogens with one attached hydrogen (secondary N) is 2. The average Bonchev–Trinajstić information content (AvgIpc) is 3.19. The first kappa shape index (κ1) is 25.0. The Morgan fingerprint density at radius 3 is 2.69 bits per heavy atom. The quantitative estimate of drug-likeness (QED) is 0.304. The minimum absolute atomic E-state index is 0.172. The number of carbonyl (C=O) groups is 3. The van der Waals surface area contributed by atoms with Gasteiger partial charge in [-0.3, -0.25) is 9.59 Å². The molecular weight excluding hydrogens is 480 g/mol. The predicted octanol–water partition coefficient (Wildman–Crippen LogP) is 5.95. The minimum Gasteiger partial charge on any atom is -0.465 e. The molecule has 35 heavy (non-hydrogen) atoms. The highest BCUT2D eigenvalue weighted by molar-refractivity contribution is 8.00. The molecule has 1 atom stereocenters. The van der Waals surface area contributed by atoms with Crippen LogP contribution in [0.3, 0.4) is 0 Å². The third kappa shape index (κ3) is 5.94. The monoisotopic (exact) mass is 508 g/mol. The number of thiophene rings is 1. The molecule has 182 valence electrons. The van der Waals surface area contributed by atoms with Crippen LogP contribution in [0.5, 0.6) is 0 Å². The maximum Gasteiger partial charge on any atom is 0.341 e. The van der Waals surface area contributed by atoms with Crippen molar-refractivity contribution in [1.82, 2.24) is 0 Å². The number of hydrogen-bond donors (Lipinski definition) is 2. The van der Waals surface area contributed by atoms with Crippen LogP contribution in [0.1, 0.15) is 50.1 Å². The van der Waals surface area contributed by atoms with Gasteiger partial charge < -0.3 is 15.4 Å². The molecule has 0 saturated heterocycles. The molecule has 6 nitrogen and oxygen atoms in total. The average molecular weight is 509 g/mol. The van der Waals surface area contributed by atoms with Crippen LogP contribution in [0.15, 0.2) is 53.4 Å². The van der Waals surface area contributed by atoms with Crippen molar-refractivity contribution in [2.24, 2.45) is 5.92 Å². The lowest BCUT2D eigenvalue weighted by Gasteiger charge is -2.18. The van der Waals surface area contributed by atoms with E-state index in [1.54, 1.807) is 6.07 Å². The minimum atomic E-state index is -0.405. The Kier molecular flexibility index (Phi) is 7.93. The fourth-order valence-electron chi connectivity index (χ4n) is 4.16. The van der Waals surface area contributed by atoms with E-state index < -0.39 is 5.97 Å². The molecule has 1 unspecified atom stereocenters. The summed E-state index contributed by atoms with van der Waals surface area (Å²) in [6.45, 7) is 4.10. The van der Waals surface area contributed by atoms with Gasteiger partial charge in [0.1, 0.15) is 5.00 Å². The van der Waals surface area contributed by atoms with Crippen LogP contribution >= 0.6 is 23.1 Å². The normalized spacial score (nSPS) is 14.7. The highest BCUT2D eigenvalue weighted by atomic mass is 32.2. The maximum atomic E-state index is 12.8. The number of amides is 2. The van der Waals surface area contributed by atoms with E-state index in [0.29, 0.717) is 27.7 Å². The molecule has 0 saturated carbocycles. The SMILES string of the molecule is COC(=O)c1c(NC(=O)CSc2cccc(NC(=O)c3ccccc3C)c2)sc2c1CCC(C)C2. The summed E-state index contributed by atoms with van der Waals surface area (Å²) in [6, 6.07) is 14.8. The number of fused-ring (bicyclic) bond motifs is 1. The van der Waals surface area contributed by atoms with Crippen LogP contribution in [0.25, 0.3) is 0 Å². The molecule has 1 heterocycles. The first-order chi connectivity index (χ1) is 16.9. The van der Waals surface area contributed by atoms with Crippen LogP contribution in [0.2, 0.25) is 0 Å². The number of ether oxygens (including phenoxy) is 1. The van der Waals surface area contributed by atoms with Crippen molar-refractivity contribution in [2.45, 2.75) is 38.0 Å². The van der Waals surface area contributed by atoms with Crippen LogP contribution in [-0.4, -0.2) is 30.6 Å². The van der Waals surface area contributed by atoms with Gasteiger partial charge in [-0.15, -0.1) is 23.1 Å². The largest absolute Gasteiger partial charge is 0.465 e. The number of aryl methyl sites for hydroxylation is 1. The Morgan fingerprint density at radius 1 is 1.11 bits per heavy atom. The molecule has 0 aliphatic heterocycles. The second-order valence-corrected chi connectivity index (χ2v) is 10.8. The second kappa shape index (κ2) is 11.1. The summed E-state index contributed by atoms with van der Waals surface area (Å²) in [5.41, 5.74) is 3.71. The molecule has 1 aliphatic rings. The van der Waals surface area contributed by atoms with E-state index in [4.69, 9.17) is 4.74 Å². The van der Waals surface area contributed by atoms with Crippen molar-refractivity contribution in [3.63, 3.8) is 0 Å². The van der Waals surface area contributed by atoms with Crippen molar-refractivity contribution in [3.05, 3.63) is 75.7 Å². The number of benzene rings is 2. The van der Waals surface area contributed by atoms with Gasteiger partial charge in [-0.25, -0.2) is 4.79 Å². The molecule has 0 bridgehead atoms. The van der Waals surface area contributed by atoms with Gasteiger partial charge in [0.15, 0.2) is 0 Å². The number of anilines is 2. The Bertz CT molecular complexity index is 1270. The predicted molar refractivity (Wildman–Crippen MR) is 142 cm³/mol. The molecular formula is C27H28N2O4S2. The molecule has 4 rings (SSSR count). The number of hydrogen-bond acceptors (Lipinski definition) is 6. The van der Waals surface area contributed by atoms with Gasteiger partial charge in [-0.05, 0) is 67.5 Å². The summed E-state index contributed by atoms with van der Waals surface area (Å²) < 4.78 is 5.00. The van der Waals surface area contributed by atoms with Crippen LogP contribution in [-0.2, 0) is 22.4 Å². The maximum absolute atomic E-state index is 12.8. The Labute approximate surface area is 213 Å². The third-order valence-electron chi connectivity index (χ3n) is 6.01. The van der Waals surface area contributed by atoms with Crippen molar-refractivity contribution in [1.29, 1.82) is 0 Å². The van der Waals surface area contributed by atoms with Crippen LogP contribution in [0.4, 0.5) is 10.7 Å². The Hall–Kier alpha value is -3.10. The zero-order valence-corrected chi connectivity index (χ0v) is 21.6. The lowest BCUT2D eigenvalue weighted by molar-refractivity contribution is -0.113. The zero-order chi connectivity index (χ0) is 24.9. The molecule has 0 fully saturated rings. The number of methoxy groups -OCH3 is 1. The van der Waals surface area contributed by atoms with Crippen LogP contribution < -0.4 is 10.6 Å². The summed E-state index contributed by atoms with van der Waals surface area (Å²) in [6.07, 6.45) is 2.76. The standard InChI is InChI=1S/C27H28N2O4S2/c1-16-11-12-21-22(13-16)35-26(24(21)27(32)33-3)29-23(30)15-34-19-9-6-8-18(14-19)28-25(31)20-10-5-4-7-17(20)2/h4-10,14,16H,11-13,15H2,1-3H3,(H,28,31)(H,29,30). The summed E-state index contributed by atoms with van der Waals surface area (Å²) >= 11 is 2.85. The van der Waals surface area contributed by atoms with E-state index in [-0.39, 0.29) is 17.6 Å². The number of esters is 1. The molecule has 2 aromatic carbocycles. The van der Waals surface area contributed by atoms with Gasteiger partial charge in [0.05, 0.1) is 18.4 Å². The number of thioether (sulfide) groups is 1. The van der Waals surface area contributed by atoms with Gasteiger partial charge in [0.25, 0.3) is 5.91 Å². The van der Waals surface area contributed by atoms with Crippen molar-refractivity contribution in [2.75, 3.05) is 23.5 Å². The molecule has 0 radical (unpaired) electrons. The first-order valence-corrected chi connectivity index (χ1v) is 13.3. The van der Waals surface area contributed by atoms with Crippen molar-refractivity contribution < 1.29 is 19.1 Å². The Balaban J connectivity index is 1.40. The number of rotatable bonds is 7. The highest BCUT2D eigenvalue weighted by Crippen LogP contribution is 2.40. The second-order valence-electron chi connectivity index (χ2n) is 8.68. The summed E-state index contributed by atoms with van der Waals surface area (Å²) in [4.78, 5) is 39.8. The van der Waals surface area contributed by atoms with E-state index in [1.807, 2.05) is 49.4 Å². The lowest BCUT2D eigenvalue weighted by Crippen LogP contribution is -2.17. The van der Waals surface area contributed by atoms with Crippen LogP contribution in [0, 0.1) is 12.8 Å². The summed E-state index contributed by atoms with van der Waals surface area (Å²) in [5, 5.41) is 6.42. The van der Waals surface area contributed by atoms with E-state index in [2.05, 4.69) is 17.6 Å². The molecule has 8 heteroatoms. The summed E-state index contributed by atoms with van der Waals surface area (Å²) in [7, 11) is 1.37. The molecule has 1 aromatic heterocycles. The molecule has 2 amide bonds. The lowest BCUT2D eigenvalue weighted by atomic mass is 9.88. The topological polar surface area (TPSA) is 84.5 Å². The van der Waals surface area contributed by atoms with Gasteiger partial charge in [-0.1, -0.05) is 31.2 Å².